The molecule has 154 valence electrons. The number of rotatable bonds is 10. The molecule has 1 aliphatic carbocycles. The smallest absolute Gasteiger partial charge is 0.410 e. The SMILES string of the molecule is CCNC(=NCCCOCC)NCCN(C(=O)OC(C)(C)C)C1CC1.I. The molecule has 0 atom stereocenters. The third-order valence-electron chi connectivity index (χ3n) is 3.53. The van der Waals surface area contributed by atoms with Crippen LogP contribution in [0.1, 0.15) is 53.9 Å². The zero-order chi connectivity index (χ0) is 18.7. The van der Waals surface area contributed by atoms with Crippen molar-refractivity contribution in [2.24, 2.45) is 4.99 Å². The Hall–Kier alpha value is -0.770. The van der Waals surface area contributed by atoms with Crippen molar-refractivity contribution in [3.8, 4) is 0 Å². The number of nitrogens with zero attached hydrogens (tertiary/aromatic N) is 2. The maximum absolute atomic E-state index is 12.3. The summed E-state index contributed by atoms with van der Waals surface area (Å²) in [6.07, 6.45) is 2.79. The molecule has 1 fully saturated rings. The van der Waals surface area contributed by atoms with Gasteiger partial charge in [-0.05, 0) is 53.9 Å². The lowest BCUT2D eigenvalue weighted by atomic mass is 10.2. The number of halogens is 1. The third kappa shape index (κ3) is 11.8. The molecule has 7 nitrogen and oxygen atoms in total. The van der Waals surface area contributed by atoms with Crippen molar-refractivity contribution in [1.82, 2.24) is 15.5 Å². The fraction of sp³-hybridized carbons (Fsp3) is 0.889. The third-order valence-corrected chi connectivity index (χ3v) is 3.53. The summed E-state index contributed by atoms with van der Waals surface area (Å²) >= 11 is 0. The van der Waals surface area contributed by atoms with Crippen molar-refractivity contribution < 1.29 is 14.3 Å². The van der Waals surface area contributed by atoms with E-state index in [1.165, 1.54) is 0 Å². The van der Waals surface area contributed by atoms with Crippen LogP contribution in [0.15, 0.2) is 4.99 Å². The van der Waals surface area contributed by atoms with Gasteiger partial charge < -0.3 is 25.0 Å². The average molecular weight is 484 g/mol. The monoisotopic (exact) mass is 484 g/mol. The van der Waals surface area contributed by atoms with E-state index < -0.39 is 5.60 Å². The molecular weight excluding hydrogens is 447 g/mol. The Morgan fingerprint density at radius 1 is 1.23 bits per heavy atom. The number of nitrogens with one attached hydrogen (secondary N) is 2. The van der Waals surface area contributed by atoms with Gasteiger partial charge in [-0.25, -0.2) is 4.79 Å². The molecule has 0 unspecified atom stereocenters. The number of aliphatic imine (C=N–C) groups is 1. The normalized spacial score (nSPS) is 14.4. The van der Waals surface area contributed by atoms with E-state index in [1.807, 2.05) is 39.5 Å². The predicted molar refractivity (Wildman–Crippen MR) is 116 cm³/mol. The molecule has 0 aliphatic heterocycles. The number of guanidine groups is 1. The van der Waals surface area contributed by atoms with E-state index in [9.17, 15) is 4.79 Å². The minimum Gasteiger partial charge on any atom is -0.444 e. The minimum atomic E-state index is -0.464. The lowest BCUT2D eigenvalue weighted by Crippen LogP contribution is -2.45. The van der Waals surface area contributed by atoms with Crippen LogP contribution in [0.3, 0.4) is 0 Å². The predicted octanol–water partition coefficient (Wildman–Crippen LogP) is 2.99. The fourth-order valence-corrected chi connectivity index (χ4v) is 2.27. The zero-order valence-electron chi connectivity index (χ0n) is 17.0. The van der Waals surface area contributed by atoms with Gasteiger partial charge in [-0.15, -0.1) is 24.0 Å². The highest BCUT2D eigenvalue weighted by molar-refractivity contribution is 14.0. The second-order valence-corrected chi connectivity index (χ2v) is 7.14. The highest BCUT2D eigenvalue weighted by Gasteiger charge is 2.34. The largest absolute Gasteiger partial charge is 0.444 e. The number of amides is 1. The summed E-state index contributed by atoms with van der Waals surface area (Å²) in [6, 6.07) is 0.322. The van der Waals surface area contributed by atoms with Crippen LogP contribution in [0.2, 0.25) is 0 Å². The second kappa shape index (κ2) is 13.4. The Labute approximate surface area is 175 Å². The molecule has 1 saturated carbocycles. The summed E-state index contributed by atoms with van der Waals surface area (Å²) in [6.45, 7) is 14.0. The van der Waals surface area contributed by atoms with Gasteiger partial charge in [0.25, 0.3) is 0 Å². The first-order valence-electron chi connectivity index (χ1n) is 9.47. The topological polar surface area (TPSA) is 75.2 Å². The summed E-state index contributed by atoms with van der Waals surface area (Å²) in [5, 5.41) is 6.51. The number of hydrogen-bond donors (Lipinski definition) is 2. The number of carbonyl (C=O) groups is 1. The van der Waals surface area contributed by atoms with Gasteiger partial charge in [-0.1, -0.05) is 0 Å². The van der Waals surface area contributed by atoms with Crippen molar-refractivity contribution in [1.29, 1.82) is 0 Å². The van der Waals surface area contributed by atoms with Crippen LogP contribution in [-0.2, 0) is 9.47 Å². The molecule has 1 aliphatic rings. The van der Waals surface area contributed by atoms with Crippen molar-refractivity contribution in [3.63, 3.8) is 0 Å². The van der Waals surface area contributed by atoms with Crippen LogP contribution in [0, 0.1) is 0 Å². The van der Waals surface area contributed by atoms with E-state index in [-0.39, 0.29) is 30.1 Å². The van der Waals surface area contributed by atoms with E-state index in [0.717, 1.165) is 45.0 Å². The Kier molecular flexibility index (Phi) is 13.0. The van der Waals surface area contributed by atoms with Crippen LogP contribution >= 0.6 is 24.0 Å². The lowest BCUT2D eigenvalue weighted by molar-refractivity contribution is 0.0238. The maximum Gasteiger partial charge on any atom is 0.410 e. The molecule has 0 aromatic carbocycles. The van der Waals surface area contributed by atoms with Gasteiger partial charge in [-0.2, -0.15) is 0 Å². The van der Waals surface area contributed by atoms with Crippen LogP contribution < -0.4 is 10.6 Å². The van der Waals surface area contributed by atoms with E-state index in [2.05, 4.69) is 15.6 Å². The van der Waals surface area contributed by atoms with E-state index in [1.54, 1.807) is 0 Å². The fourth-order valence-electron chi connectivity index (χ4n) is 2.27. The highest BCUT2D eigenvalue weighted by atomic mass is 127. The minimum absolute atomic E-state index is 0. The molecule has 1 amide bonds. The number of hydrogen-bond acceptors (Lipinski definition) is 4. The number of carbonyl (C=O) groups excluding carboxylic acids is 1. The van der Waals surface area contributed by atoms with Gasteiger partial charge in [0, 0.05) is 45.4 Å². The first-order chi connectivity index (χ1) is 11.9. The highest BCUT2D eigenvalue weighted by Crippen LogP contribution is 2.27. The van der Waals surface area contributed by atoms with Crippen molar-refractivity contribution in [2.45, 2.75) is 65.5 Å². The molecule has 0 heterocycles. The molecule has 0 spiro atoms. The van der Waals surface area contributed by atoms with Gasteiger partial charge in [-0.3, -0.25) is 4.99 Å². The summed E-state index contributed by atoms with van der Waals surface area (Å²) in [5.74, 6) is 0.777. The summed E-state index contributed by atoms with van der Waals surface area (Å²) in [4.78, 5) is 18.7. The van der Waals surface area contributed by atoms with Crippen molar-refractivity contribution in [2.75, 3.05) is 39.4 Å². The molecule has 0 bridgehead atoms. The molecule has 1 rings (SSSR count). The van der Waals surface area contributed by atoms with Crippen LogP contribution in [-0.4, -0.2) is 68.0 Å². The molecule has 0 radical (unpaired) electrons. The van der Waals surface area contributed by atoms with Gasteiger partial charge in [0.15, 0.2) is 5.96 Å². The summed E-state index contributed by atoms with van der Waals surface area (Å²) in [5.41, 5.74) is -0.464. The molecule has 26 heavy (non-hydrogen) atoms. The molecule has 2 N–H and O–H groups in total. The number of ether oxygens (including phenoxy) is 2. The van der Waals surface area contributed by atoms with E-state index in [4.69, 9.17) is 9.47 Å². The van der Waals surface area contributed by atoms with Gasteiger partial charge >= 0.3 is 6.09 Å². The summed E-state index contributed by atoms with van der Waals surface area (Å²) in [7, 11) is 0. The molecule has 8 heteroatoms. The van der Waals surface area contributed by atoms with Crippen molar-refractivity contribution in [3.05, 3.63) is 0 Å². The summed E-state index contributed by atoms with van der Waals surface area (Å²) < 4.78 is 10.8. The maximum atomic E-state index is 12.3. The standard InChI is InChI=1S/C18H36N4O3.HI/c1-6-19-16(20-11-8-14-24-7-2)21-12-13-22(15-9-10-15)17(23)25-18(3,4)5;/h15H,6-14H2,1-5H3,(H2,19,20,21);1H. The quantitative estimate of drug-likeness (QED) is 0.216. The molecular formula is C18H37IN4O3. The first-order valence-corrected chi connectivity index (χ1v) is 9.47. The van der Waals surface area contributed by atoms with E-state index in [0.29, 0.717) is 25.7 Å². The van der Waals surface area contributed by atoms with Crippen LogP contribution in [0.4, 0.5) is 4.79 Å². The van der Waals surface area contributed by atoms with E-state index >= 15 is 0 Å². The average Bonchev–Trinajstić information content (AvgIpc) is 3.34. The zero-order valence-corrected chi connectivity index (χ0v) is 19.3. The van der Waals surface area contributed by atoms with Gasteiger partial charge in [0.2, 0.25) is 0 Å². The Bertz CT molecular complexity index is 423. The Morgan fingerprint density at radius 2 is 1.92 bits per heavy atom. The Morgan fingerprint density at radius 3 is 2.46 bits per heavy atom. The molecule has 0 saturated heterocycles. The lowest BCUT2D eigenvalue weighted by Gasteiger charge is -2.27. The molecule has 0 aromatic heterocycles. The first kappa shape index (κ1) is 25.2. The van der Waals surface area contributed by atoms with Crippen LogP contribution in [0.25, 0.3) is 0 Å². The second-order valence-electron chi connectivity index (χ2n) is 7.14. The van der Waals surface area contributed by atoms with Crippen molar-refractivity contribution >= 4 is 36.0 Å². The van der Waals surface area contributed by atoms with Gasteiger partial charge in [0.1, 0.15) is 5.60 Å². The van der Waals surface area contributed by atoms with Gasteiger partial charge in [0.05, 0.1) is 0 Å². The Balaban J connectivity index is 0.00000625. The van der Waals surface area contributed by atoms with Crippen LogP contribution in [0.5, 0.6) is 0 Å². The molecule has 0 aromatic rings.